The molecule has 2 aromatic rings. The van der Waals surface area contributed by atoms with Gasteiger partial charge in [-0.25, -0.2) is 4.68 Å². The average molecular weight is 314 g/mol. The van der Waals surface area contributed by atoms with Gasteiger partial charge in [0, 0.05) is 36.5 Å². The van der Waals surface area contributed by atoms with Crippen LogP contribution < -0.4 is 11.3 Å². The van der Waals surface area contributed by atoms with Gasteiger partial charge in [0.25, 0.3) is 11.5 Å². The lowest BCUT2D eigenvalue weighted by Crippen LogP contribution is -2.31. The zero-order valence-electron chi connectivity index (χ0n) is 13.3. The summed E-state index contributed by atoms with van der Waals surface area (Å²) in [5, 5.41) is 3.10. The number of nitrogens with one attached hydrogen (secondary N) is 1. The van der Waals surface area contributed by atoms with E-state index in [1.54, 1.807) is 35.2 Å². The van der Waals surface area contributed by atoms with Gasteiger partial charge in [0.15, 0.2) is 0 Å². The molecular weight excluding hydrogens is 292 g/mol. The van der Waals surface area contributed by atoms with Gasteiger partial charge in [-0.3, -0.25) is 14.7 Å². The summed E-state index contributed by atoms with van der Waals surface area (Å²) < 4.78 is 1.50. The first-order chi connectivity index (χ1) is 11.1. The van der Waals surface area contributed by atoms with Crippen LogP contribution in [0.1, 0.15) is 35.8 Å². The monoisotopic (exact) mass is 314 g/mol. The largest absolute Gasteiger partial charge is 0.337 e. The van der Waals surface area contributed by atoms with Crippen LogP contribution in [0, 0.1) is 0 Å². The highest BCUT2D eigenvalue weighted by Gasteiger charge is 2.24. The van der Waals surface area contributed by atoms with E-state index in [0.29, 0.717) is 18.7 Å². The number of H-pyrrole nitrogens is 1. The second-order valence-electron chi connectivity index (χ2n) is 6.05. The molecule has 0 radical (unpaired) electrons. The zero-order valence-corrected chi connectivity index (χ0v) is 13.3. The molecule has 0 unspecified atom stereocenters. The molecular formula is C17H22N4O2. The summed E-state index contributed by atoms with van der Waals surface area (Å²) in [6, 6.07) is 8.79. The lowest BCUT2D eigenvalue weighted by atomic mass is 10.2. The fraction of sp³-hybridized carbons (Fsp3) is 0.412. The van der Waals surface area contributed by atoms with Gasteiger partial charge in [0.05, 0.1) is 5.69 Å². The molecule has 1 atom stereocenters. The lowest BCUT2D eigenvalue weighted by molar-refractivity contribution is 0.0791. The predicted molar refractivity (Wildman–Crippen MR) is 88.9 cm³/mol. The molecule has 1 aromatic carbocycles. The molecule has 6 heteroatoms. The maximum absolute atomic E-state index is 12.4. The molecule has 1 aliphatic rings. The standard InChI is InChI=1S/C17H22N4O2/c1-2-3-14-10-16(22)21(19-14)15-6-4-12(5-7-15)17(23)20-9-8-13(18)11-20/h4-7,10,13,19H,2-3,8-9,11,18H2,1H3/t13-/m1/s1. The quantitative estimate of drug-likeness (QED) is 0.892. The number of aryl methyl sites for hydroxylation is 1. The highest BCUT2D eigenvalue weighted by Crippen LogP contribution is 2.14. The van der Waals surface area contributed by atoms with Crippen molar-refractivity contribution in [3.05, 3.63) is 51.9 Å². The molecule has 1 aliphatic heterocycles. The molecule has 23 heavy (non-hydrogen) atoms. The Balaban J connectivity index is 1.79. The molecule has 0 saturated carbocycles. The second kappa shape index (κ2) is 6.42. The number of nitrogens with two attached hydrogens (primary N) is 1. The van der Waals surface area contributed by atoms with Crippen LogP contribution in [0.2, 0.25) is 0 Å². The minimum atomic E-state index is -0.0851. The minimum Gasteiger partial charge on any atom is -0.337 e. The topological polar surface area (TPSA) is 84.1 Å². The van der Waals surface area contributed by atoms with Crippen LogP contribution in [-0.2, 0) is 6.42 Å². The summed E-state index contributed by atoms with van der Waals surface area (Å²) in [5.74, 6) is -0.00463. The van der Waals surface area contributed by atoms with Crippen molar-refractivity contribution in [2.45, 2.75) is 32.2 Å². The highest BCUT2D eigenvalue weighted by molar-refractivity contribution is 5.94. The number of rotatable bonds is 4. The molecule has 0 bridgehead atoms. The van der Waals surface area contributed by atoms with Crippen LogP contribution in [0.15, 0.2) is 35.1 Å². The third kappa shape index (κ3) is 3.22. The van der Waals surface area contributed by atoms with Gasteiger partial charge in [0.1, 0.15) is 0 Å². The molecule has 3 N–H and O–H groups in total. The molecule has 1 fully saturated rings. The number of nitrogens with zero attached hydrogens (tertiary/aromatic N) is 2. The van der Waals surface area contributed by atoms with E-state index in [9.17, 15) is 9.59 Å². The van der Waals surface area contributed by atoms with Crippen molar-refractivity contribution in [2.24, 2.45) is 5.73 Å². The Bertz CT molecular complexity index is 745. The molecule has 1 amide bonds. The summed E-state index contributed by atoms with van der Waals surface area (Å²) in [6.07, 6.45) is 2.67. The zero-order chi connectivity index (χ0) is 16.4. The molecule has 122 valence electrons. The number of likely N-dealkylation sites (tertiary alicyclic amines) is 1. The van der Waals surface area contributed by atoms with Crippen molar-refractivity contribution in [1.82, 2.24) is 14.7 Å². The van der Waals surface area contributed by atoms with Crippen molar-refractivity contribution >= 4 is 5.91 Å². The fourth-order valence-electron chi connectivity index (χ4n) is 2.94. The van der Waals surface area contributed by atoms with E-state index in [0.717, 1.165) is 30.6 Å². The first-order valence-electron chi connectivity index (χ1n) is 8.04. The maximum atomic E-state index is 12.4. The Labute approximate surface area is 134 Å². The minimum absolute atomic E-state index is 0.00463. The molecule has 3 rings (SSSR count). The summed E-state index contributed by atoms with van der Waals surface area (Å²) in [6.45, 7) is 3.38. The SMILES string of the molecule is CCCc1cc(=O)n(-c2ccc(C(=O)N3CC[C@@H](N)C3)cc2)[nH]1. The molecule has 1 saturated heterocycles. The van der Waals surface area contributed by atoms with Gasteiger partial charge in [0.2, 0.25) is 0 Å². The third-order valence-corrected chi connectivity index (χ3v) is 4.18. The van der Waals surface area contributed by atoms with Crippen LogP contribution in [0.3, 0.4) is 0 Å². The van der Waals surface area contributed by atoms with E-state index in [-0.39, 0.29) is 17.5 Å². The number of aromatic amines is 1. The number of hydrogen-bond donors (Lipinski definition) is 2. The van der Waals surface area contributed by atoms with E-state index in [4.69, 9.17) is 5.73 Å². The molecule has 6 nitrogen and oxygen atoms in total. The van der Waals surface area contributed by atoms with Crippen LogP contribution in [0.25, 0.3) is 5.69 Å². The van der Waals surface area contributed by atoms with E-state index >= 15 is 0 Å². The molecule has 2 heterocycles. The number of amides is 1. The first kappa shape index (κ1) is 15.6. The van der Waals surface area contributed by atoms with Gasteiger partial charge in [-0.1, -0.05) is 13.3 Å². The Morgan fingerprint density at radius 1 is 1.35 bits per heavy atom. The van der Waals surface area contributed by atoms with Crippen LogP contribution in [-0.4, -0.2) is 39.7 Å². The van der Waals surface area contributed by atoms with Crippen molar-refractivity contribution in [3.63, 3.8) is 0 Å². The highest BCUT2D eigenvalue weighted by atomic mass is 16.2. The Kier molecular flexibility index (Phi) is 4.34. The number of carbonyl (C=O) groups is 1. The van der Waals surface area contributed by atoms with Crippen molar-refractivity contribution < 1.29 is 4.79 Å². The van der Waals surface area contributed by atoms with E-state index in [2.05, 4.69) is 12.0 Å². The van der Waals surface area contributed by atoms with E-state index in [1.807, 2.05) is 0 Å². The number of benzene rings is 1. The van der Waals surface area contributed by atoms with Gasteiger partial charge < -0.3 is 10.6 Å². The summed E-state index contributed by atoms with van der Waals surface area (Å²) in [4.78, 5) is 26.2. The predicted octanol–water partition coefficient (Wildman–Crippen LogP) is 1.29. The lowest BCUT2D eigenvalue weighted by Gasteiger charge is -2.15. The van der Waals surface area contributed by atoms with Crippen molar-refractivity contribution in [2.75, 3.05) is 13.1 Å². The van der Waals surface area contributed by atoms with Crippen LogP contribution >= 0.6 is 0 Å². The smallest absolute Gasteiger partial charge is 0.271 e. The van der Waals surface area contributed by atoms with Gasteiger partial charge >= 0.3 is 0 Å². The fourth-order valence-corrected chi connectivity index (χ4v) is 2.94. The normalized spacial score (nSPS) is 17.7. The van der Waals surface area contributed by atoms with Gasteiger partial charge in [-0.05, 0) is 37.1 Å². The molecule has 0 spiro atoms. The van der Waals surface area contributed by atoms with Gasteiger partial charge in [-0.15, -0.1) is 0 Å². The summed E-state index contributed by atoms with van der Waals surface area (Å²) in [5.41, 5.74) is 8.03. The Morgan fingerprint density at radius 2 is 2.09 bits per heavy atom. The Hall–Kier alpha value is -2.34. The number of aromatic nitrogens is 2. The molecule has 0 aliphatic carbocycles. The average Bonchev–Trinajstić information content (AvgIpc) is 3.13. The number of carbonyl (C=O) groups excluding carboxylic acids is 1. The van der Waals surface area contributed by atoms with Crippen molar-refractivity contribution in [3.8, 4) is 5.69 Å². The maximum Gasteiger partial charge on any atom is 0.271 e. The Morgan fingerprint density at radius 3 is 2.70 bits per heavy atom. The van der Waals surface area contributed by atoms with Crippen molar-refractivity contribution in [1.29, 1.82) is 0 Å². The first-order valence-corrected chi connectivity index (χ1v) is 8.04. The second-order valence-corrected chi connectivity index (χ2v) is 6.05. The van der Waals surface area contributed by atoms with Gasteiger partial charge in [-0.2, -0.15) is 0 Å². The number of hydrogen-bond acceptors (Lipinski definition) is 3. The third-order valence-electron chi connectivity index (χ3n) is 4.18. The van der Waals surface area contributed by atoms with Crippen LogP contribution in [0.5, 0.6) is 0 Å². The van der Waals surface area contributed by atoms with E-state index < -0.39 is 0 Å². The molecule has 1 aromatic heterocycles. The van der Waals surface area contributed by atoms with E-state index in [1.165, 1.54) is 4.68 Å². The van der Waals surface area contributed by atoms with Crippen LogP contribution in [0.4, 0.5) is 0 Å². The summed E-state index contributed by atoms with van der Waals surface area (Å²) >= 11 is 0. The summed E-state index contributed by atoms with van der Waals surface area (Å²) in [7, 11) is 0.